The Balaban J connectivity index is 1.89. The topological polar surface area (TPSA) is 46.8 Å². The van der Waals surface area contributed by atoms with E-state index in [9.17, 15) is 0 Å². The summed E-state index contributed by atoms with van der Waals surface area (Å²) in [5, 5.41) is 13.1. The average Bonchev–Trinajstić information content (AvgIpc) is 2.87. The number of rotatable bonds is 2. The third kappa shape index (κ3) is 2.46. The highest BCUT2D eigenvalue weighted by Gasteiger charge is 2.21. The highest BCUT2D eigenvalue weighted by molar-refractivity contribution is 6.33. The molecule has 0 aliphatic carbocycles. The van der Waals surface area contributed by atoms with Crippen LogP contribution in [0, 0.1) is 0 Å². The lowest BCUT2D eigenvalue weighted by Crippen LogP contribution is -2.31. The molecule has 0 atom stereocenters. The van der Waals surface area contributed by atoms with Gasteiger partial charge < -0.3 is 4.90 Å². The third-order valence-electron chi connectivity index (χ3n) is 3.18. The van der Waals surface area contributed by atoms with E-state index < -0.39 is 0 Å². The second-order valence-electron chi connectivity index (χ2n) is 4.50. The lowest BCUT2D eigenvalue weighted by molar-refractivity contribution is 0.628. The minimum absolute atomic E-state index is 0.653. The SMILES string of the molecule is Cn1nnc(N2CCC(Cl)=C(c3ccccc3)C2)n1. The van der Waals surface area contributed by atoms with Crippen molar-refractivity contribution < 1.29 is 0 Å². The molecular formula is C13H14ClN5. The van der Waals surface area contributed by atoms with Gasteiger partial charge in [-0.15, -0.1) is 5.10 Å². The lowest BCUT2D eigenvalue weighted by atomic mass is 10.0. The maximum atomic E-state index is 6.37. The van der Waals surface area contributed by atoms with Crippen LogP contribution in [0.5, 0.6) is 0 Å². The molecule has 0 spiro atoms. The van der Waals surface area contributed by atoms with Gasteiger partial charge in [0, 0.05) is 24.5 Å². The van der Waals surface area contributed by atoms with E-state index in [4.69, 9.17) is 11.6 Å². The molecule has 0 amide bonds. The van der Waals surface area contributed by atoms with Gasteiger partial charge in [-0.1, -0.05) is 47.0 Å². The molecule has 2 aromatic rings. The van der Waals surface area contributed by atoms with Gasteiger partial charge in [0.15, 0.2) is 0 Å². The smallest absolute Gasteiger partial charge is 0.266 e. The molecule has 1 aliphatic heterocycles. The highest BCUT2D eigenvalue weighted by atomic mass is 35.5. The van der Waals surface area contributed by atoms with Crippen LogP contribution in [0.4, 0.5) is 5.95 Å². The second kappa shape index (κ2) is 5.01. The summed E-state index contributed by atoms with van der Waals surface area (Å²) >= 11 is 6.37. The molecule has 2 heterocycles. The van der Waals surface area contributed by atoms with E-state index in [1.54, 1.807) is 7.05 Å². The maximum absolute atomic E-state index is 6.37. The van der Waals surface area contributed by atoms with Gasteiger partial charge in [0.2, 0.25) is 0 Å². The van der Waals surface area contributed by atoms with Crippen LogP contribution in [0.1, 0.15) is 12.0 Å². The van der Waals surface area contributed by atoms with Crippen molar-refractivity contribution in [2.24, 2.45) is 7.05 Å². The lowest BCUT2D eigenvalue weighted by Gasteiger charge is -2.27. The zero-order valence-corrected chi connectivity index (χ0v) is 11.4. The van der Waals surface area contributed by atoms with E-state index in [1.165, 1.54) is 4.80 Å². The van der Waals surface area contributed by atoms with E-state index >= 15 is 0 Å². The summed E-state index contributed by atoms with van der Waals surface area (Å²) in [6.07, 6.45) is 0.810. The van der Waals surface area contributed by atoms with E-state index in [-0.39, 0.29) is 0 Å². The van der Waals surface area contributed by atoms with Gasteiger partial charge >= 0.3 is 0 Å². The van der Waals surface area contributed by atoms with Crippen molar-refractivity contribution in [3.8, 4) is 0 Å². The predicted octanol–water partition coefficient (Wildman–Crippen LogP) is 2.07. The molecule has 19 heavy (non-hydrogen) atoms. The van der Waals surface area contributed by atoms with Crippen LogP contribution in [0.3, 0.4) is 0 Å². The number of hydrogen-bond donors (Lipinski definition) is 0. The third-order valence-corrected chi connectivity index (χ3v) is 3.60. The maximum Gasteiger partial charge on any atom is 0.266 e. The molecule has 0 unspecified atom stereocenters. The van der Waals surface area contributed by atoms with Crippen molar-refractivity contribution in [2.45, 2.75) is 6.42 Å². The number of aryl methyl sites for hydroxylation is 1. The Morgan fingerprint density at radius 2 is 2.00 bits per heavy atom. The van der Waals surface area contributed by atoms with Gasteiger partial charge in [0.05, 0.1) is 7.05 Å². The van der Waals surface area contributed by atoms with Crippen LogP contribution in [0.25, 0.3) is 5.57 Å². The van der Waals surface area contributed by atoms with Crippen molar-refractivity contribution in [3.63, 3.8) is 0 Å². The summed E-state index contributed by atoms with van der Waals surface area (Å²) in [6.45, 7) is 1.54. The quantitative estimate of drug-likeness (QED) is 0.842. The summed E-state index contributed by atoms with van der Waals surface area (Å²) < 4.78 is 0. The summed E-state index contributed by atoms with van der Waals surface area (Å²) in [5.41, 5.74) is 2.29. The molecule has 0 saturated heterocycles. The van der Waals surface area contributed by atoms with Gasteiger partial charge in [-0.25, -0.2) is 0 Å². The van der Waals surface area contributed by atoms with E-state index in [0.29, 0.717) is 12.5 Å². The number of hydrogen-bond acceptors (Lipinski definition) is 4. The van der Waals surface area contributed by atoms with Crippen LogP contribution in [-0.4, -0.2) is 33.3 Å². The van der Waals surface area contributed by atoms with Crippen molar-refractivity contribution in [2.75, 3.05) is 18.0 Å². The standard InChI is InChI=1S/C13H14ClN5/c1-18-16-13(15-17-18)19-8-7-12(14)11(9-19)10-5-3-2-4-6-10/h2-6H,7-9H2,1H3. The van der Waals surface area contributed by atoms with Crippen LogP contribution >= 0.6 is 11.6 Å². The first kappa shape index (κ1) is 12.2. The predicted molar refractivity (Wildman–Crippen MR) is 74.8 cm³/mol. The molecule has 0 saturated carbocycles. The average molecular weight is 276 g/mol. The van der Waals surface area contributed by atoms with Crippen LogP contribution in [-0.2, 0) is 7.05 Å². The van der Waals surface area contributed by atoms with Gasteiger partial charge in [-0.3, -0.25) is 0 Å². The fraction of sp³-hybridized carbons (Fsp3) is 0.308. The Morgan fingerprint density at radius 1 is 1.21 bits per heavy atom. The fourth-order valence-electron chi connectivity index (χ4n) is 2.20. The van der Waals surface area contributed by atoms with E-state index in [2.05, 4.69) is 32.4 Å². The molecule has 0 radical (unpaired) electrons. The van der Waals surface area contributed by atoms with Crippen LogP contribution < -0.4 is 4.90 Å². The molecule has 3 rings (SSSR count). The molecule has 98 valence electrons. The van der Waals surface area contributed by atoms with Crippen molar-refractivity contribution in [1.82, 2.24) is 20.2 Å². The summed E-state index contributed by atoms with van der Waals surface area (Å²) in [6, 6.07) is 10.2. The number of halogens is 1. The molecular weight excluding hydrogens is 262 g/mol. The zero-order chi connectivity index (χ0) is 13.2. The minimum Gasteiger partial charge on any atom is -0.333 e. The van der Waals surface area contributed by atoms with Gasteiger partial charge in [0.25, 0.3) is 5.95 Å². The first-order valence-electron chi connectivity index (χ1n) is 6.16. The van der Waals surface area contributed by atoms with Crippen molar-refractivity contribution >= 4 is 23.1 Å². The number of benzene rings is 1. The monoisotopic (exact) mass is 275 g/mol. The van der Waals surface area contributed by atoms with E-state index in [0.717, 1.165) is 29.1 Å². The number of aromatic nitrogens is 4. The first-order valence-corrected chi connectivity index (χ1v) is 6.54. The molecule has 0 fully saturated rings. The number of nitrogens with zero attached hydrogens (tertiary/aromatic N) is 5. The molecule has 5 nitrogen and oxygen atoms in total. The van der Waals surface area contributed by atoms with Crippen molar-refractivity contribution in [3.05, 3.63) is 40.9 Å². The Bertz CT molecular complexity index is 605. The summed E-state index contributed by atoms with van der Waals surface area (Å²) in [7, 11) is 1.77. The number of tetrazole rings is 1. The Morgan fingerprint density at radius 3 is 2.68 bits per heavy atom. The minimum atomic E-state index is 0.653. The van der Waals surface area contributed by atoms with Gasteiger partial charge in [-0.05, 0) is 16.3 Å². The first-order chi connectivity index (χ1) is 9.24. The Labute approximate surface area is 116 Å². The fourth-order valence-corrected chi connectivity index (χ4v) is 2.45. The van der Waals surface area contributed by atoms with Gasteiger partial charge in [-0.2, -0.15) is 4.80 Å². The summed E-state index contributed by atoms with van der Waals surface area (Å²) in [5.74, 6) is 0.653. The van der Waals surface area contributed by atoms with Crippen molar-refractivity contribution in [1.29, 1.82) is 0 Å². The van der Waals surface area contributed by atoms with Crippen LogP contribution in [0.15, 0.2) is 35.4 Å². The number of anilines is 1. The molecule has 1 aromatic carbocycles. The molecule has 0 N–H and O–H groups in total. The Kier molecular flexibility index (Phi) is 3.21. The van der Waals surface area contributed by atoms with Gasteiger partial charge in [0.1, 0.15) is 0 Å². The molecule has 1 aliphatic rings. The normalized spacial score (nSPS) is 16.0. The second-order valence-corrected chi connectivity index (χ2v) is 4.96. The highest BCUT2D eigenvalue weighted by Crippen LogP contribution is 2.30. The van der Waals surface area contributed by atoms with Crippen LogP contribution in [0.2, 0.25) is 0 Å². The zero-order valence-electron chi connectivity index (χ0n) is 10.6. The van der Waals surface area contributed by atoms with E-state index in [1.807, 2.05) is 18.2 Å². The molecule has 0 bridgehead atoms. The molecule has 6 heteroatoms. The largest absolute Gasteiger partial charge is 0.333 e. The molecule has 1 aromatic heterocycles. The Hall–Kier alpha value is -1.88. The summed E-state index contributed by atoms with van der Waals surface area (Å²) in [4.78, 5) is 3.57.